The first-order valence-corrected chi connectivity index (χ1v) is 11.5. The molecule has 0 fully saturated rings. The number of benzene rings is 3. The largest absolute Gasteiger partial charge is 0.383 e. The highest BCUT2D eigenvalue weighted by molar-refractivity contribution is 5.97. The van der Waals surface area contributed by atoms with E-state index in [2.05, 4.69) is 15.7 Å². The van der Waals surface area contributed by atoms with Gasteiger partial charge in [0.05, 0.1) is 23.7 Å². The summed E-state index contributed by atoms with van der Waals surface area (Å²) in [7, 11) is 1.47. The van der Waals surface area contributed by atoms with Crippen LogP contribution in [0.1, 0.15) is 0 Å². The van der Waals surface area contributed by atoms with E-state index >= 15 is 0 Å². The Kier molecular flexibility index (Phi) is 8.22. The molecular weight excluding hydrogens is 480 g/mol. The minimum Gasteiger partial charge on any atom is -0.383 e. The number of carbonyl (C=O) groups is 2. The van der Waals surface area contributed by atoms with Gasteiger partial charge < -0.3 is 20.3 Å². The zero-order valence-corrected chi connectivity index (χ0v) is 20.0. The molecule has 0 bridgehead atoms. The standard InChI is InChI=1S/C27H25F2N5O3/c1-37-16-15-33(27(36)30-23-10-6-5-9-22(23)29)18-26(35)31-25-17-24(19-7-3-2-4-8-19)32-34(25)21-13-11-20(28)12-14-21/h2-14,17H,15-16,18H2,1H3,(H,30,36)(H,31,35). The molecular formula is C27H25F2N5O3. The number of halogens is 2. The first kappa shape index (κ1) is 25.5. The molecule has 0 aliphatic rings. The summed E-state index contributed by atoms with van der Waals surface area (Å²) in [5.74, 6) is -1.18. The fourth-order valence-electron chi connectivity index (χ4n) is 3.57. The maximum absolute atomic E-state index is 14.0. The Morgan fingerprint density at radius 1 is 0.946 bits per heavy atom. The van der Waals surface area contributed by atoms with E-state index in [-0.39, 0.29) is 25.4 Å². The van der Waals surface area contributed by atoms with Gasteiger partial charge >= 0.3 is 6.03 Å². The van der Waals surface area contributed by atoms with Crippen LogP contribution in [0.3, 0.4) is 0 Å². The van der Waals surface area contributed by atoms with Gasteiger partial charge in [0.1, 0.15) is 24.0 Å². The summed E-state index contributed by atoms with van der Waals surface area (Å²) in [6, 6.07) is 21.8. The van der Waals surface area contributed by atoms with Crippen LogP contribution < -0.4 is 10.6 Å². The molecule has 190 valence electrons. The van der Waals surface area contributed by atoms with Gasteiger partial charge in [-0.1, -0.05) is 42.5 Å². The number of urea groups is 1. The summed E-state index contributed by atoms with van der Waals surface area (Å²) in [6.07, 6.45) is 0. The van der Waals surface area contributed by atoms with Crippen molar-refractivity contribution in [2.75, 3.05) is 37.4 Å². The topological polar surface area (TPSA) is 88.5 Å². The van der Waals surface area contributed by atoms with Gasteiger partial charge in [-0.3, -0.25) is 4.79 Å². The van der Waals surface area contributed by atoms with Gasteiger partial charge in [0, 0.05) is 25.3 Å². The number of carbonyl (C=O) groups excluding carboxylic acids is 2. The molecule has 10 heteroatoms. The molecule has 1 heterocycles. The first-order valence-electron chi connectivity index (χ1n) is 11.5. The number of hydrogen-bond donors (Lipinski definition) is 2. The Morgan fingerprint density at radius 2 is 1.65 bits per heavy atom. The average molecular weight is 506 g/mol. The lowest BCUT2D eigenvalue weighted by molar-refractivity contribution is -0.116. The van der Waals surface area contributed by atoms with Crippen molar-refractivity contribution in [2.24, 2.45) is 0 Å². The molecule has 0 aliphatic heterocycles. The summed E-state index contributed by atoms with van der Waals surface area (Å²) in [6.45, 7) is -0.0702. The summed E-state index contributed by atoms with van der Waals surface area (Å²) in [5.41, 5.74) is 1.95. The van der Waals surface area contributed by atoms with Crippen LogP contribution in [0.5, 0.6) is 0 Å². The van der Waals surface area contributed by atoms with E-state index in [1.807, 2.05) is 30.3 Å². The molecule has 0 aliphatic carbocycles. The minimum atomic E-state index is -0.658. The fraction of sp³-hybridized carbons (Fsp3) is 0.148. The Bertz CT molecular complexity index is 1360. The smallest absolute Gasteiger partial charge is 0.322 e. The first-order chi connectivity index (χ1) is 17.9. The second-order valence-corrected chi connectivity index (χ2v) is 8.04. The summed E-state index contributed by atoms with van der Waals surface area (Å²) in [5, 5.41) is 9.85. The SMILES string of the molecule is COCCN(CC(=O)Nc1cc(-c2ccccc2)nn1-c1ccc(F)cc1)C(=O)Nc1ccccc1F. The number of amides is 3. The molecule has 3 aromatic carbocycles. The number of nitrogens with zero attached hydrogens (tertiary/aromatic N) is 3. The van der Waals surface area contributed by atoms with E-state index in [1.54, 1.807) is 24.3 Å². The number of para-hydroxylation sites is 1. The van der Waals surface area contributed by atoms with Crippen molar-refractivity contribution in [1.29, 1.82) is 0 Å². The monoisotopic (exact) mass is 505 g/mol. The summed E-state index contributed by atoms with van der Waals surface area (Å²) < 4.78 is 34.1. The number of ether oxygens (including phenoxy) is 1. The molecule has 0 radical (unpaired) electrons. The molecule has 4 rings (SSSR count). The lowest BCUT2D eigenvalue weighted by atomic mass is 10.1. The van der Waals surface area contributed by atoms with Gasteiger partial charge in [-0.15, -0.1) is 0 Å². The quantitative estimate of drug-likeness (QED) is 0.337. The second kappa shape index (κ2) is 11.9. The third kappa shape index (κ3) is 6.56. The number of nitrogens with one attached hydrogen (secondary N) is 2. The van der Waals surface area contributed by atoms with Crippen LogP contribution in [0.25, 0.3) is 16.9 Å². The van der Waals surface area contributed by atoms with Crippen LogP contribution in [-0.2, 0) is 9.53 Å². The van der Waals surface area contributed by atoms with E-state index in [1.165, 1.54) is 47.0 Å². The van der Waals surface area contributed by atoms with E-state index in [4.69, 9.17) is 4.74 Å². The molecule has 3 amide bonds. The van der Waals surface area contributed by atoms with Gasteiger partial charge in [-0.25, -0.2) is 18.3 Å². The van der Waals surface area contributed by atoms with Crippen LogP contribution >= 0.6 is 0 Å². The van der Waals surface area contributed by atoms with Gasteiger partial charge in [0.2, 0.25) is 5.91 Å². The van der Waals surface area contributed by atoms with Gasteiger partial charge in [0.25, 0.3) is 0 Å². The van der Waals surface area contributed by atoms with E-state index in [0.717, 1.165) is 5.56 Å². The van der Waals surface area contributed by atoms with Crippen molar-refractivity contribution in [1.82, 2.24) is 14.7 Å². The lowest BCUT2D eigenvalue weighted by Crippen LogP contribution is -2.42. The second-order valence-electron chi connectivity index (χ2n) is 8.04. The number of hydrogen-bond acceptors (Lipinski definition) is 4. The maximum atomic E-state index is 14.0. The zero-order valence-electron chi connectivity index (χ0n) is 20.0. The van der Waals surface area contributed by atoms with Crippen LogP contribution in [-0.4, -0.2) is 53.4 Å². The molecule has 1 aromatic heterocycles. The van der Waals surface area contributed by atoms with Crippen molar-refractivity contribution in [3.05, 3.63) is 96.6 Å². The molecule has 37 heavy (non-hydrogen) atoms. The predicted molar refractivity (Wildman–Crippen MR) is 136 cm³/mol. The number of methoxy groups -OCH3 is 1. The van der Waals surface area contributed by atoms with Crippen molar-refractivity contribution < 1.29 is 23.1 Å². The highest BCUT2D eigenvalue weighted by atomic mass is 19.1. The number of anilines is 2. The molecule has 4 aromatic rings. The average Bonchev–Trinajstić information content (AvgIpc) is 3.32. The molecule has 0 saturated carbocycles. The molecule has 2 N–H and O–H groups in total. The Labute approximate surface area is 212 Å². The van der Waals surface area contributed by atoms with E-state index < -0.39 is 23.6 Å². The third-order valence-corrected chi connectivity index (χ3v) is 5.42. The summed E-state index contributed by atoms with van der Waals surface area (Å²) >= 11 is 0. The third-order valence-electron chi connectivity index (χ3n) is 5.42. The van der Waals surface area contributed by atoms with Gasteiger partial charge in [-0.05, 0) is 36.4 Å². The van der Waals surface area contributed by atoms with Crippen molar-refractivity contribution >= 4 is 23.4 Å². The minimum absolute atomic E-state index is 0.00258. The number of rotatable bonds is 9. The Balaban J connectivity index is 1.56. The van der Waals surface area contributed by atoms with Crippen molar-refractivity contribution in [2.45, 2.75) is 0 Å². The fourth-order valence-corrected chi connectivity index (χ4v) is 3.57. The van der Waals surface area contributed by atoms with Gasteiger partial charge in [-0.2, -0.15) is 5.10 Å². The predicted octanol–water partition coefficient (Wildman–Crippen LogP) is 4.94. The van der Waals surface area contributed by atoms with Crippen LogP contribution in [0.2, 0.25) is 0 Å². The molecule has 0 unspecified atom stereocenters. The van der Waals surface area contributed by atoms with E-state index in [0.29, 0.717) is 17.2 Å². The Morgan fingerprint density at radius 3 is 2.35 bits per heavy atom. The zero-order chi connectivity index (χ0) is 26.2. The highest BCUT2D eigenvalue weighted by Gasteiger charge is 2.20. The lowest BCUT2D eigenvalue weighted by Gasteiger charge is -2.22. The van der Waals surface area contributed by atoms with Crippen molar-refractivity contribution in [3.63, 3.8) is 0 Å². The normalized spacial score (nSPS) is 10.7. The van der Waals surface area contributed by atoms with Crippen LogP contribution in [0.4, 0.5) is 25.1 Å². The highest BCUT2D eigenvalue weighted by Crippen LogP contribution is 2.25. The van der Waals surface area contributed by atoms with Crippen LogP contribution in [0.15, 0.2) is 84.9 Å². The van der Waals surface area contributed by atoms with Crippen molar-refractivity contribution in [3.8, 4) is 16.9 Å². The van der Waals surface area contributed by atoms with E-state index in [9.17, 15) is 18.4 Å². The molecule has 0 spiro atoms. The molecule has 0 saturated heterocycles. The Hall–Kier alpha value is -4.57. The maximum Gasteiger partial charge on any atom is 0.322 e. The van der Waals surface area contributed by atoms with Gasteiger partial charge in [0.15, 0.2) is 0 Å². The van der Waals surface area contributed by atoms with Crippen LogP contribution in [0, 0.1) is 11.6 Å². The number of aromatic nitrogens is 2. The summed E-state index contributed by atoms with van der Waals surface area (Å²) in [4.78, 5) is 27.1. The molecule has 8 nitrogen and oxygen atoms in total. The molecule has 0 atom stereocenters.